The molecule has 3 aromatic rings. The van der Waals surface area contributed by atoms with Crippen LogP contribution in [0.3, 0.4) is 0 Å². The SMILES string of the molecule is Cc1cncc(-c2nnc(CN(CC(F)(F)F)c3ccc(C#N)c(C(F)(F)F)c3)o2)c1. The zero-order valence-corrected chi connectivity index (χ0v) is 15.8. The molecule has 0 spiro atoms. The molecule has 0 fully saturated rings. The summed E-state index contributed by atoms with van der Waals surface area (Å²) in [4.78, 5) is 4.57. The van der Waals surface area contributed by atoms with Crippen LogP contribution >= 0.6 is 0 Å². The number of aryl methyl sites for hydroxylation is 1. The van der Waals surface area contributed by atoms with Crippen LogP contribution in [-0.2, 0) is 12.7 Å². The van der Waals surface area contributed by atoms with Crippen molar-refractivity contribution in [3.8, 4) is 17.5 Å². The first-order valence-corrected chi connectivity index (χ1v) is 8.64. The molecule has 2 heterocycles. The molecule has 0 aliphatic heterocycles. The zero-order valence-electron chi connectivity index (χ0n) is 15.8. The third-order valence-electron chi connectivity index (χ3n) is 4.08. The zero-order chi connectivity index (χ0) is 22.8. The quantitative estimate of drug-likeness (QED) is 0.524. The van der Waals surface area contributed by atoms with Gasteiger partial charge in [-0.1, -0.05) is 0 Å². The minimum atomic E-state index is -4.92. The van der Waals surface area contributed by atoms with Gasteiger partial charge >= 0.3 is 12.4 Å². The molecular formula is C19H13F6N5O. The fourth-order valence-electron chi connectivity index (χ4n) is 2.79. The minimum Gasteiger partial charge on any atom is -0.419 e. The number of hydrogen-bond acceptors (Lipinski definition) is 6. The van der Waals surface area contributed by atoms with Gasteiger partial charge in [0.2, 0.25) is 11.8 Å². The van der Waals surface area contributed by atoms with Crippen molar-refractivity contribution in [2.45, 2.75) is 25.8 Å². The summed E-state index contributed by atoms with van der Waals surface area (Å²) in [7, 11) is 0. The van der Waals surface area contributed by atoms with Crippen LogP contribution in [-0.4, -0.2) is 27.9 Å². The molecule has 31 heavy (non-hydrogen) atoms. The van der Waals surface area contributed by atoms with Crippen molar-refractivity contribution >= 4 is 5.69 Å². The lowest BCUT2D eigenvalue weighted by Gasteiger charge is -2.25. The number of anilines is 1. The van der Waals surface area contributed by atoms with E-state index in [9.17, 15) is 26.3 Å². The highest BCUT2D eigenvalue weighted by Crippen LogP contribution is 2.35. The van der Waals surface area contributed by atoms with Crippen molar-refractivity contribution in [3.05, 3.63) is 59.2 Å². The highest BCUT2D eigenvalue weighted by molar-refractivity contribution is 5.55. The molecule has 3 rings (SSSR count). The van der Waals surface area contributed by atoms with Gasteiger partial charge in [-0.25, -0.2) is 0 Å². The first kappa shape index (κ1) is 22.1. The topological polar surface area (TPSA) is 78.8 Å². The number of hydrogen-bond donors (Lipinski definition) is 0. The molecule has 162 valence electrons. The summed E-state index contributed by atoms with van der Waals surface area (Å²) in [6.07, 6.45) is -6.64. The first-order chi connectivity index (χ1) is 14.5. The number of alkyl halides is 6. The maximum Gasteiger partial charge on any atom is 0.417 e. The normalized spacial score (nSPS) is 11.9. The molecule has 0 bridgehead atoms. The number of nitriles is 1. The Morgan fingerprint density at radius 1 is 1.06 bits per heavy atom. The van der Waals surface area contributed by atoms with Crippen LogP contribution < -0.4 is 4.90 Å². The number of benzene rings is 1. The summed E-state index contributed by atoms with van der Waals surface area (Å²) < 4.78 is 84.4. The molecule has 0 unspecified atom stereocenters. The van der Waals surface area contributed by atoms with Crippen molar-refractivity contribution < 1.29 is 30.8 Å². The Kier molecular flexibility index (Phi) is 5.88. The molecular weight excluding hydrogens is 428 g/mol. The molecule has 0 atom stereocenters. The molecule has 0 aliphatic carbocycles. The molecule has 0 N–H and O–H groups in total. The van der Waals surface area contributed by atoms with Crippen molar-refractivity contribution in [1.29, 1.82) is 5.26 Å². The Morgan fingerprint density at radius 2 is 1.81 bits per heavy atom. The van der Waals surface area contributed by atoms with E-state index in [-0.39, 0.29) is 11.8 Å². The molecule has 0 aliphatic rings. The number of pyridine rings is 1. The van der Waals surface area contributed by atoms with E-state index in [0.717, 1.165) is 17.7 Å². The maximum atomic E-state index is 13.2. The summed E-state index contributed by atoms with van der Waals surface area (Å²) in [5.74, 6) is -0.229. The summed E-state index contributed by atoms with van der Waals surface area (Å²) in [6, 6.07) is 5.37. The molecule has 0 amide bonds. The standard InChI is InChI=1S/C19H13F6N5O/c1-11-4-13(8-27-7-11)17-29-28-16(31-17)9-30(10-18(20,21)22)14-3-2-12(6-26)15(5-14)19(23,24)25/h2-5,7-8H,9-10H2,1H3. The first-order valence-electron chi connectivity index (χ1n) is 8.64. The Morgan fingerprint density at radius 3 is 2.42 bits per heavy atom. The van der Waals surface area contributed by atoms with E-state index in [4.69, 9.17) is 9.68 Å². The second kappa shape index (κ2) is 8.25. The number of rotatable bonds is 5. The number of aromatic nitrogens is 3. The number of halogens is 6. The Hall–Kier alpha value is -3.62. The van der Waals surface area contributed by atoms with Gasteiger partial charge in [0, 0.05) is 18.1 Å². The van der Waals surface area contributed by atoms with E-state index in [1.807, 2.05) is 0 Å². The van der Waals surface area contributed by atoms with Gasteiger partial charge in [0.05, 0.1) is 29.3 Å². The van der Waals surface area contributed by atoms with Gasteiger partial charge in [-0.2, -0.15) is 31.6 Å². The van der Waals surface area contributed by atoms with E-state index < -0.39 is 42.3 Å². The van der Waals surface area contributed by atoms with E-state index in [1.54, 1.807) is 19.2 Å². The van der Waals surface area contributed by atoms with Gasteiger partial charge < -0.3 is 9.32 Å². The highest BCUT2D eigenvalue weighted by Gasteiger charge is 2.36. The summed E-state index contributed by atoms with van der Waals surface area (Å²) in [6.45, 7) is -0.406. The van der Waals surface area contributed by atoms with Crippen LogP contribution in [0.15, 0.2) is 41.1 Å². The van der Waals surface area contributed by atoms with Gasteiger partial charge in [0.25, 0.3) is 0 Å². The average Bonchev–Trinajstić information content (AvgIpc) is 3.14. The van der Waals surface area contributed by atoms with Crippen LogP contribution in [0, 0.1) is 18.3 Å². The minimum absolute atomic E-state index is 0.00830. The lowest BCUT2D eigenvalue weighted by Crippen LogP contribution is -2.34. The van der Waals surface area contributed by atoms with Gasteiger partial charge in [-0.05, 0) is 36.8 Å². The molecule has 1 aromatic carbocycles. The fraction of sp³-hybridized carbons (Fsp3) is 0.263. The van der Waals surface area contributed by atoms with E-state index in [2.05, 4.69) is 15.2 Å². The maximum absolute atomic E-state index is 13.2. The van der Waals surface area contributed by atoms with Crippen LogP contribution in [0.4, 0.5) is 32.0 Å². The van der Waals surface area contributed by atoms with Gasteiger partial charge in [0.1, 0.15) is 6.54 Å². The van der Waals surface area contributed by atoms with Crippen molar-refractivity contribution in [1.82, 2.24) is 15.2 Å². The van der Waals surface area contributed by atoms with Crippen LogP contribution in [0.1, 0.15) is 22.6 Å². The largest absolute Gasteiger partial charge is 0.419 e. The van der Waals surface area contributed by atoms with Crippen LogP contribution in [0.2, 0.25) is 0 Å². The molecule has 0 radical (unpaired) electrons. The lowest BCUT2D eigenvalue weighted by atomic mass is 10.1. The molecule has 6 nitrogen and oxygen atoms in total. The number of nitrogens with zero attached hydrogens (tertiary/aromatic N) is 5. The second-order valence-electron chi connectivity index (χ2n) is 6.56. The fourth-order valence-corrected chi connectivity index (χ4v) is 2.79. The predicted octanol–water partition coefficient (Wildman–Crippen LogP) is 4.90. The van der Waals surface area contributed by atoms with Crippen LogP contribution in [0.25, 0.3) is 11.5 Å². The third-order valence-corrected chi connectivity index (χ3v) is 4.08. The van der Waals surface area contributed by atoms with Crippen molar-refractivity contribution in [2.75, 3.05) is 11.4 Å². The Balaban J connectivity index is 1.95. The van der Waals surface area contributed by atoms with Gasteiger partial charge in [0.15, 0.2) is 0 Å². The monoisotopic (exact) mass is 441 g/mol. The second-order valence-corrected chi connectivity index (χ2v) is 6.56. The Labute approximate surface area is 171 Å². The summed E-state index contributed by atoms with van der Waals surface area (Å²) in [5, 5.41) is 16.3. The Bertz CT molecular complexity index is 1120. The summed E-state index contributed by atoms with van der Waals surface area (Å²) >= 11 is 0. The van der Waals surface area contributed by atoms with E-state index >= 15 is 0 Å². The average molecular weight is 441 g/mol. The lowest BCUT2D eigenvalue weighted by molar-refractivity contribution is -0.137. The predicted molar refractivity (Wildman–Crippen MR) is 95.5 cm³/mol. The molecule has 12 heteroatoms. The van der Waals surface area contributed by atoms with Crippen molar-refractivity contribution in [3.63, 3.8) is 0 Å². The molecule has 0 saturated carbocycles. The summed E-state index contributed by atoms with van der Waals surface area (Å²) in [5.41, 5.74) is -1.21. The smallest absolute Gasteiger partial charge is 0.417 e. The van der Waals surface area contributed by atoms with Crippen molar-refractivity contribution in [2.24, 2.45) is 0 Å². The third kappa shape index (κ3) is 5.50. The van der Waals surface area contributed by atoms with Gasteiger partial charge in [-0.15, -0.1) is 10.2 Å². The van der Waals surface area contributed by atoms with Gasteiger partial charge in [-0.3, -0.25) is 4.98 Å². The molecule has 2 aromatic heterocycles. The molecule has 0 saturated heterocycles. The van der Waals surface area contributed by atoms with E-state index in [0.29, 0.717) is 16.5 Å². The highest BCUT2D eigenvalue weighted by atomic mass is 19.4. The van der Waals surface area contributed by atoms with E-state index in [1.165, 1.54) is 12.3 Å². The van der Waals surface area contributed by atoms with Crippen LogP contribution in [0.5, 0.6) is 0 Å².